The smallest absolute Gasteiger partial charge is 0.0113 e. The standard InChI is InChI=1S/C13H24N2/c1-2-5-13(15-10-7-8-10)11(4-1)12-6-3-9-14-12/h10-15H,1-9H2. The van der Waals surface area contributed by atoms with E-state index in [4.69, 9.17) is 0 Å². The maximum absolute atomic E-state index is 3.88. The van der Waals surface area contributed by atoms with Gasteiger partial charge in [0.25, 0.3) is 0 Å². The van der Waals surface area contributed by atoms with Crippen LogP contribution in [-0.4, -0.2) is 24.7 Å². The van der Waals surface area contributed by atoms with Gasteiger partial charge >= 0.3 is 0 Å². The van der Waals surface area contributed by atoms with Gasteiger partial charge in [-0.3, -0.25) is 0 Å². The lowest BCUT2D eigenvalue weighted by Gasteiger charge is -2.36. The molecule has 3 atom stereocenters. The summed E-state index contributed by atoms with van der Waals surface area (Å²) >= 11 is 0. The predicted molar refractivity (Wildman–Crippen MR) is 62.9 cm³/mol. The highest BCUT2D eigenvalue weighted by Crippen LogP contribution is 2.32. The van der Waals surface area contributed by atoms with Gasteiger partial charge in [-0.25, -0.2) is 0 Å². The van der Waals surface area contributed by atoms with E-state index in [1.165, 1.54) is 57.9 Å². The Balaban J connectivity index is 1.60. The average molecular weight is 208 g/mol. The first kappa shape index (κ1) is 10.1. The van der Waals surface area contributed by atoms with Crippen molar-refractivity contribution in [3.05, 3.63) is 0 Å². The second-order valence-corrected chi connectivity index (χ2v) is 5.70. The molecular weight excluding hydrogens is 184 g/mol. The predicted octanol–water partition coefficient (Wildman–Crippen LogP) is 2.05. The summed E-state index contributed by atoms with van der Waals surface area (Å²) in [5, 5.41) is 7.59. The monoisotopic (exact) mass is 208 g/mol. The Morgan fingerprint density at radius 2 is 1.73 bits per heavy atom. The number of hydrogen-bond acceptors (Lipinski definition) is 2. The third kappa shape index (κ3) is 2.36. The van der Waals surface area contributed by atoms with Gasteiger partial charge in [-0.15, -0.1) is 0 Å². The summed E-state index contributed by atoms with van der Waals surface area (Å²) in [6, 6.07) is 2.56. The van der Waals surface area contributed by atoms with Gasteiger partial charge in [0.2, 0.25) is 0 Å². The summed E-state index contributed by atoms with van der Waals surface area (Å²) in [7, 11) is 0. The lowest BCUT2D eigenvalue weighted by molar-refractivity contribution is 0.213. The molecule has 0 bridgehead atoms. The van der Waals surface area contributed by atoms with Crippen LogP contribution in [0.5, 0.6) is 0 Å². The minimum absolute atomic E-state index is 0.835. The van der Waals surface area contributed by atoms with Crippen LogP contribution in [0.2, 0.25) is 0 Å². The lowest BCUT2D eigenvalue weighted by atomic mass is 9.79. The van der Waals surface area contributed by atoms with Crippen LogP contribution in [0.3, 0.4) is 0 Å². The Bertz CT molecular complexity index is 207. The number of rotatable bonds is 3. The second-order valence-electron chi connectivity index (χ2n) is 5.70. The largest absolute Gasteiger partial charge is 0.314 e. The molecule has 0 amide bonds. The Labute approximate surface area is 93.2 Å². The van der Waals surface area contributed by atoms with Crippen LogP contribution >= 0.6 is 0 Å². The molecule has 3 unspecified atom stereocenters. The molecule has 3 aliphatic rings. The summed E-state index contributed by atoms with van der Waals surface area (Å²) in [5.41, 5.74) is 0. The first-order valence-corrected chi connectivity index (χ1v) is 6.93. The summed E-state index contributed by atoms with van der Waals surface area (Å²) in [6.07, 6.45) is 11.5. The summed E-state index contributed by atoms with van der Waals surface area (Å²) in [4.78, 5) is 0. The van der Waals surface area contributed by atoms with Gasteiger partial charge in [-0.1, -0.05) is 12.8 Å². The van der Waals surface area contributed by atoms with E-state index in [1.807, 2.05) is 0 Å². The molecule has 15 heavy (non-hydrogen) atoms. The molecule has 0 radical (unpaired) electrons. The van der Waals surface area contributed by atoms with Gasteiger partial charge in [0.05, 0.1) is 0 Å². The molecule has 2 aliphatic carbocycles. The molecule has 86 valence electrons. The summed E-state index contributed by atoms with van der Waals surface area (Å²) in [6.45, 7) is 1.26. The highest BCUT2D eigenvalue weighted by Gasteiger charge is 2.35. The van der Waals surface area contributed by atoms with Gasteiger partial charge in [0.15, 0.2) is 0 Å². The zero-order valence-electron chi connectivity index (χ0n) is 9.67. The first-order chi connectivity index (χ1) is 7.43. The van der Waals surface area contributed by atoms with Crippen LogP contribution in [0.1, 0.15) is 51.4 Å². The van der Waals surface area contributed by atoms with Gasteiger partial charge in [-0.05, 0) is 51.0 Å². The molecule has 0 aromatic carbocycles. The second kappa shape index (κ2) is 4.42. The van der Waals surface area contributed by atoms with Gasteiger partial charge in [0, 0.05) is 18.1 Å². The van der Waals surface area contributed by atoms with E-state index in [2.05, 4.69) is 10.6 Å². The highest BCUT2D eigenvalue weighted by molar-refractivity contribution is 4.95. The Kier molecular flexibility index (Phi) is 2.98. The Morgan fingerprint density at radius 1 is 0.867 bits per heavy atom. The molecule has 2 N–H and O–H groups in total. The van der Waals surface area contributed by atoms with Crippen molar-refractivity contribution in [1.82, 2.24) is 10.6 Å². The average Bonchev–Trinajstić information content (AvgIpc) is 2.93. The highest BCUT2D eigenvalue weighted by atomic mass is 15.0. The van der Waals surface area contributed by atoms with Crippen molar-refractivity contribution in [3.63, 3.8) is 0 Å². The molecule has 0 spiro atoms. The van der Waals surface area contributed by atoms with Crippen LogP contribution < -0.4 is 10.6 Å². The molecule has 0 aromatic heterocycles. The molecule has 3 fully saturated rings. The SMILES string of the molecule is C1CNC(C2CCCCC2NC2CC2)C1. The van der Waals surface area contributed by atoms with E-state index in [-0.39, 0.29) is 0 Å². The van der Waals surface area contributed by atoms with Crippen LogP contribution in [0.25, 0.3) is 0 Å². The summed E-state index contributed by atoms with van der Waals surface area (Å²) < 4.78 is 0. The quantitative estimate of drug-likeness (QED) is 0.742. The molecule has 1 saturated heterocycles. The van der Waals surface area contributed by atoms with E-state index >= 15 is 0 Å². The number of hydrogen-bond donors (Lipinski definition) is 2. The van der Waals surface area contributed by atoms with E-state index < -0.39 is 0 Å². The van der Waals surface area contributed by atoms with E-state index in [0.29, 0.717) is 0 Å². The minimum Gasteiger partial charge on any atom is -0.314 e. The van der Waals surface area contributed by atoms with Crippen molar-refractivity contribution in [1.29, 1.82) is 0 Å². The van der Waals surface area contributed by atoms with Gasteiger partial charge in [-0.2, -0.15) is 0 Å². The van der Waals surface area contributed by atoms with Crippen molar-refractivity contribution >= 4 is 0 Å². The normalized spacial score (nSPS) is 42.0. The topological polar surface area (TPSA) is 24.1 Å². The number of nitrogens with one attached hydrogen (secondary N) is 2. The van der Waals surface area contributed by atoms with Crippen molar-refractivity contribution in [3.8, 4) is 0 Å². The van der Waals surface area contributed by atoms with E-state index in [0.717, 1.165) is 24.0 Å². The zero-order chi connectivity index (χ0) is 10.1. The minimum atomic E-state index is 0.835. The molecule has 2 saturated carbocycles. The maximum atomic E-state index is 3.88. The van der Waals surface area contributed by atoms with Gasteiger partial charge in [0.1, 0.15) is 0 Å². The Morgan fingerprint density at radius 3 is 2.47 bits per heavy atom. The van der Waals surface area contributed by atoms with Crippen LogP contribution in [0, 0.1) is 5.92 Å². The molecular formula is C13H24N2. The molecule has 0 aromatic rings. The van der Waals surface area contributed by atoms with Crippen molar-refractivity contribution in [2.75, 3.05) is 6.54 Å². The zero-order valence-corrected chi connectivity index (χ0v) is 9.67. The van der Waals surface area contributed by atoms with Crippen LogP contribution in [0.15, 0.2) is 0 Å². The van der Waals surface area contributed by atoms with Crippen molar-refractivity contribution in [2.24, 2.45) is 5.92 Å². The molecule has 2 nitrogen and oxygen atoms in total. The summed E-state index contributed by atoms with van der Waals surface area (Å²) in [5.74, 6) is 0.932. The van der Waals surface area contributed by atoms with Crippen molar-refractivity contribution in [2.45, 2.75) is 69.5 Å². The molecule has 1 heterocycles. The van der Waals surface area contributed by atoms with Crippen LogP contribution in [-0.2, 0) is 0 Å². The Hall–Kier alpha value is -0.0800. The molecule has 1 aliphatic heterocycles. The third-order valence-corrected chi connectivity index (χ3v) is 4.46. The van der Waals surface area contributed by atoms with E-state index in [1.54, 1.807) is 0 Å². The fourth-order valence-electron chi connectivity index (χ4n) is 3.48. The molecule has 2 heteroatoms. The van der Waals surface area contributed by atoms with E-state index in [9.17, 15) is 0 Å². The maximum Gasteiger partial charge on any atom is 0.0113 e. The van der Waals surface area contributed by atoms with Gasteiger partial charge < -0.3 is 10.6 Å². The first-order valence-electron chi connectivity index (χ1n) is 6.93. The molecule has 3 rings (SSSR count). The third-order valence-electron chi connectivity index (χ3n) is 4.46. The van der Waals surface area contributed by atoms with Crippen LogP contribution in [0.4, 0.5) is 0 Å². The fraction of sp³-hybridized carbons (Fsp3) is 1.00. The fourth-order valence-corrected chi connectivity index (χ4v) is 3.48. The lowest BCUT2D eigenvalue weighted by Crippen LogP contribution is -2.47. The van der Waals surface area contributed by atoms with Crippen molar-refractivity contribution < 1.29 is 0 Å².